The predicted molar refractivity (Wildman–Crippen MR) is 162 cm³/mol. The maximum atomic E-state index is 13.0. The van der Waals surface area contributed by atoms with Crippen LogP contribution in [0.25, 0.3) is 10.8 Å². The highest BCUT2D eigenvalue weighted by atomic mass is 32.2. The highest BCUT2D eigenvalue weighted by Gasteiger charge is 2.18. The van der Waals surface area contributed by atoms with Crippen molar-refractivity contribution in [2.75, 3.05) is 23.2 Å². The van der Waals surface area contributed by atoms with Gasteiger partial charge in [0.2, 0.25) is 5.91 Å². The molecular weight excluding hydrogens is 542 g/mol. The average molecular weight is 576 g/mol. The number of phenols is 1. The van der Waals surface area contributed by atoms with Crippen molar-refractivity contribution in [2.45, 2.75) is 33.6 Å². The van der Waals surface area contributed by atoms with Gasteiger partial charge in [0, 0.05) is 29.9 Å². The highest BCUT2D eigenvalue weighted by Crippen LogP contribution is 2.35. The summed E-state index contributed by atoms with van der Waals surface area (Å²) in [4.78, 5) is 24.2. The smallest absolute Gasteiger partial charge is 0.316 e. The van der Waals surface area contributed by atoms with Crippen LogP contribution in [0.4, 0.5) is 11.4 Å². The lowest BCUT2D eigenvalue weighted by Gasteiger charge is -2.15. The van der Waals surface area contributed by atoms with Gasteiger partial charge in [-0.05, 0) is 68.7 Å². The van der Waals surface area contributed by atoms with E-state index in [-0.39, 0.29) is 17.2 Å². The van der Waals surface area contributed by atoms with E-state index in [2.05, 4.69) is 21.4 Å². The van der Waals surface area contributed by atoms with Gasteiger partial charge in [-0.25, -0.2) is 0 Å². The molecule has 0 saturated heterocycles. The van der Waals surface area contributed by atoms with Crippen molar-refractivity contribution in [3.63, 3.8) is 0 Å². The number of amides is 2. The molecule has 9 nitrogen and oxygen atoms in total. The summed E-state index contributed by atoms with van der Waals surface area (Å²) in [5.41, 5.74) is 3.26. The van der Waals surface area contributed by atoms with Crippen LogP contribution < -0.4 is 24.3 Å². The van der Waals surface area contributed by atoms with Crippen LogP contribution in [0.15, 0.2) is 72.8 Å². The third-order valence-corrected chi connectivity index (χ3v) is 6.98. The highest BCUT2D eigenvalue weighted by molar-refractivity contribution is 7.82. The zero-order chi connectivity index (χ0) is 29.4. The van der Waals surface area contributed by atoms with Crippen LogP contribution in [0.1, 0.15) is 41.3 Å². The van der Waals surface area contributed by atoms with Crippen LogP contribution in [-0.4, -0.2) is 34.3 Å². The zero-order valence-electron chi connectivity index (χ0n) is 23.2. The van der Waals surface area contributed by atoms with Crippen molar-refractivity contribution in [3.05, 3.63) is 89.5 Å². The summed E-state index contributed by atoms with van der Waals surface area (Å²) in [5, 5.41) is 17.4. The van der Waals surface area contributed by atoms with Gasteiger partial charge in [-0.1, -0.05) is 42.0 Å². The summed E-state index contributed by atoms with van der Waals surface area (Å²) < 4.78 is 26.9. The molecule has 41 heavy (non-hydrogen) atoms. The number of hydrogen-bond acceptors (Lipinski definition) is 6. The number of aromatic hydroxyl groups is 1. The molecule has 4 N–H and O–H groups in total. The molecule has 0 aliphatic heterocycles. The summed E-state index contributed by atoms with van der Waals surface area (Å²) in [6, 6.07) is 20.8. The van der Waals surface area contributed by atoms with Crippen molar-refractivity contribution in [2.24, 2.45) is 0 Å². The Balaban J connectivity index is 1.37. The molecule has 0 aromatic heterocycles. The Labute approximate surface area is 241 Å². The Morgan fingerprint density at radius 3 is 2.37 bits per heavy atom. The molecule has 214 valence electrons. The van der Waals surface area contributed by atoms with E-state index in [1.807, 2.05) is 26.0 Å². The summed E-state index contributed by atoms with van der Waals surface area (Å²) in [6.45, 7) is 6.37. The fourth-order valence-electron chi connectivity index (χ4n) is 4.28. The third-order valence-electron chi connectivity index (χ3n) is 6.25. The van der Waals surface area contributed by atoms with E-state index >= 15 is 0 Å². The summed E-state index contributed by atoms with van der Waals surface area (Å²) in [6.07, 6.45) is 1.43. The molecule has 1 unspecified atom stereocenters. The standard InChI is InChI=1S/C31H33N3O6S/c1-20-10-15-29(21(2)18-20)39-17-7-6-16-32-31(37)27-19-28(25-8-4-5-9-26(25)30(27)36)34-41(38)40-24-13-11-23(12-14-24)33-22(3)35/h4-5,8-15,18-19,34,36H,6-7,16-17H2,1-3H3,(H,32,37)(H,33,35). The number of ether oxygens (including phenoxy) is 1. The minimum Gasteiger partial charge on any atom is -0.506 e. The van der Waals surface area contributed by atoms with Gasteiger partial charge in [-0.3, -0.25) is 14.3 Å². The molecule has 0 bridgehead atoms. The Morgan fingerprint density at radius 1 is 0.927 bits per heavy atom. The minimum atomic E-state index is -2.02. The van der Waals surface area contributed by atoms with Crippen molar-refractivity contribution >= 4 is 45.2 Å². The van der Waals surface area contributed by atoms with Crippen molar-refractivity contribution in [1.82, 2.24) is 5.32 Å². The minimum absolute atomic E-state index is 0.0504. The molecule has 0 heterocycles. The monoisotopic (exact) mass is 575 g/mol. The molecule has 0 spiro atoms. The molecule has 0 saturated carbocycles. The van der Waals surface area contributed by atoms with E-state index in [9.17, 15) is 18.9 Å². The zero-order valence-corrected chi connectivity index (χ0v) is 24.0. The molecular formula is C31H33N3O6S. The summed E-state index contributed by atoms with van der Waals surface area (Å²) >= 11 is -2.02. The van der Waals surface area contributed by atoms with E-state index in [0.29, 0.717) is 47.5 Å². The molecule has 4 aromatic rings. The fourth-order valence-corrected chi connectivity index (χ4v) is 4.96. The molecule has 0 fully saturated rings. The third kappa shape index (κ3) is 7.98. The number of nitrogens with one attached hydrogen (secondary N) is 3. The lowest BCUT2D eigenvalue weighted by Crippen LogP contribution is -2.25. The average Bonchev–Trinajstić information content (AvgIpc) is 2.94. The Morgan fingerprint density at radius 2 is 1.66 bits per heavy atom. The van der Waals surface area contributed by atoms with Gasteiger partial charge in [-0.2, -0.15) is 4.21 Å². The Hall–Kier alpha value is -4.57. The van der Waals surface area contributed by atoms with Gasteiger partial charge in [0.15, 0.2) is 0 Å². The topological polar surface area (TPSA) is 126 Å². The molecule has 10 heteroatoms. The maximum absolute atomic E-state index is 13.0. The molecule has 4 aromatic carbocycles. The quantitative estimate of drug-likeness (QED) is 0.125. The number of unbranched alkanes of at least 4 members (excludes halogenated alkanes) is 1. The van der Waals surface area contributed by atoms with Gasteiger partial charge in [0.25, 0.3) is 5.91 Å². The van der Waals surface area contributed by atoms with Gasteiger partial charge in [0.05, 0.1) is 17.9 Å². The first kappa shape index (κ1) is 29.4. The number of rotatable bonds is 12. The number of hydrogen-bond donors (Lipinski definition) is 4. The number of fused-ring (bicyclic) bond motifs is 1. The molecule has 0 radical (unpaired) electrons. The van der Waals surface area contributed by atoms with Crippen LogP contribution in [0.2, 0.25) is 0 Å². The Kier molecular flexibility index (Phi) is 9.81. The van der Waals surface area contributed by atoms with Gasteiger partial charge in [-0.15, -0.1) is 0 Å². The second kappa shape index (κ2) is 13.7. The largest absolute Gasteiger partial charge is 0.506 e. The first-order valence-electron chi connectivity index (χ1n) is 13.2. The van der Waals surface area contributed by atoms with Gasteiger partial charge < -0.3 is 24.7 Å². The van der Waals surface area contributed by atoms with E-state index in [0.717, 1.165) is 17.7 Å². The van der Waals surface area contributed by atoms with E-state index in [1.54, 1.807) is 48.5 Å². The second-order valence-corrected chi connectivity index (χ2v) is 10.4. The number of carbonyl (C=O) groups excluding carboxylic acids is 2. The maximum Gasteiger partial charge on any atom is 0.316 e. The number of anilines is 2. The normalized spacial score (nSPS) is 11.5. The van der Waals surface area contributed by atoms with Crippen molar-refractivity contribution in [1.29, 1.82) is 0 Å². The van der Waals surface area contributed by atoms with E-state index in [4.69, 9.17) is 8.92 Å². The molecule has 0 aliphatic carbocycles. The number of benzene rings is 4. The summed E-state index contributed by atoms with van der Waals surface area (Å²) in [7, 11) is 0. The number of carbonyl (C=O) groups is 2. The summed E-state index contributed by atoms with van der Waals surface area (Å²) in [5.74, 6) is 0.343. The second-order valence-electron chi connectivity index (χ2n) is 9.57. The molecule has 0 aliphatic rings. The van der Waals surface area contributed by atoms with Crippen LogP contribution in [0.5, 0.6) is 17.2 Å². The van der Waals surface area contributed by atoms with Crippen molar-refractivity contribution < 1.29 is 27.8 Å². The Bertz CT molecular complexity index is 1570. The molecule has 2 amide bonds. The fraction of sp³-hybridized carbons (Fsp3) is 0.226. The number of aryl methyl sites for hydroxylation is 2. The predicted octanol–water partition coefficient (Wildman–Crippen LogP) is 5.78. The molecule has 4 rings (SSSR count). The molecule has 1 atom stereocenters. The van der Waals surface area contributed by atoms with Crippen LogP contribution in [0.3, 0.4) is 0 Å². The van der Waals surface area contributed by atoms with E-state index < -0.39 is 17.2 Å². The van der Waals surface area contributed by atoms with Crippen molar-refractivity contribution in [3.8, 4) is 17.2 Å². The van der Waals surface area contributed by atoms with Gasteiger partial charge >= 0.3 is 11.3 Å². The van der Waals surface area contributed by atoms with Crippen LogP contribution in [-0.2, 0) is 16.1 Å². The lowest BCUT2D eigenvalue weighted by molar-refractivity contribution is -0.114. The van der Waals surface area contributed by atoms with Crippen LogP contribution in [0, 0.1) is 13.8 Å². The van der Waals surface area contributed by atoms with Gasteiger partial charge in [0.1, 0.15) is 17.2 Å². The van der Waals surface area contributed by atoms with Crippen LogP contribution >= 0.6 is 0 Å². The first-order valence-corrected chi connectivity index (χ1v) is 14.3. The first-order chi connectivity index (χ1) is 19.7. The SMILES string of the molecule is CC(=O)Nc1ccc(OS(=O)Nc2cc(C(=O)NCCCCOc3ccc(C)cc3C)c(O)c3ccccc23)cc1. The van der Waals surface area contributed by atoms with E-state index in [1.165, 1.54) is 18.6 Å². The lowest BCUT2D eigenvalue weighted by atomic mass is 10.0. The number of phenolic OH excluding ortho intramolecular Hbond substituents is 1.